The average molecular weight is 374 g/mol. The van der Waals surface area contributed by atoms with Crippen molar-refractivity contribution in [1.29, 1.82) is 0 Å². The largest absolute Gasteiger partial charge is 0.497 e. The highest BCUT2D eigenvalue weighted by Gasteiger charge is 2.33. The van der Waals surface area contributed by atoms with Gasteiger partial charge in [-0.1, -0.05) is 42.5 Å². The first-order valence-corrected chi connectivity index (χ1v) is 9.75. The lowest BCUT2D eigenvalue weighted by Crippen LogP contribution is -2.42. The standard InChI is InChI=1S/C24H26N2O2/c1-28-23-6-2-4-21(16-23)20-9-7-19(8-10-20)18-26-14-11-24(27,12-15-26)22-5-3-13-25-17-22/h2-10,13,16-17,27H,11-12,14-15,18H2,1H3. The zero-order chi connectivity index (χ0) is 19.4. The molecular formula is C24H26N2O2. The first kappa shape index (κ1) is 18.7. The second-order valence-corrected chi connectivity index (χ2v) is 7.48. The van der Waals surface area contributed by atoms with Crippen LogP contribution in [0.2, 0.25) is 0 Å². The number of aliphatic hydroxyl groups is 1. The number of rotatable bonds is 5. The van der Waals surface area contributed by atoms with Crippen LogP contribution in [0.5, 0.6) is 5.75 Å². The molecule has 1 aromatic heterocycles. The summed E-state index contributed by atoms with van der Waals surface area (Å²) in [6.07, 6.45) is 5.01. The van der Waals surface area contributed by atoms with Gasteiger partial charge in [-0.2, -0.15) is 0 Å². The molecule has 0 aliphatic carbocycles. The fourth-order valence-corrected chi connectivity index (χ4v) is 3.87. The number of benzene rings is 2. The number of aromatic nitrogens is 1. The van der Waals surface area contributed by atoms with E-state index in [1.807, 2.05) is 24.3 Å². The van der Waals surface area contributed by atoms with Gasteiger partial charge < -0.3 is 9.84 Å². The molecule has 2 heterocycles. The first-order chi connectivity index (χ1) is 13.7. The summed E-state index contributed by atoms with van der Waals surface area (Å²) in [5, 5.41) is 11.0. The molecule has 28 heavy (non-hydrogen) atoms. The maximum absolute atomic E-state index is 11.0. The second-order valence-electron chi connectivity index (χ2n) is 7.48. The van der Waals surface area contributed by atoms with E-state index in [4.69, 9.17) is 4.74 Å². The van der Waals surface area contributed by atoms with Crippen LogP contribution in [0.15, 0.2) is 73.1 Å². The van der Waals surface area contributed by atoms with E-state index in [0.29, 0.717) is 0 Å². The maximum atomic E-state index is 11.0. The molecule has 0 amide bonds. The van der Waals surface area contributed by atoms with E-state index >= 15 is 0 Å². The Morgan fingerprint density at radius 2 is 1.79 bits per heavy atom. The van der Waals surface area contributed by atoms with Crippen LogP contribution in [0, 0.1) is 0 Å². The van der Waals surface area contributed by atoms with Crippen LogP contribution in [0.3, 0.4) is 0 Å². The summed E-state index contributed by atoms with van der Waals surface area (Å²) in [4.78, 5) is 6.56. The van der Waals surface area contributed by atoms with Crippen LogP contribution in [-0.4, -0.2) is 35.2 Å². The number of hydrogen-bond donors (Lipinski definition) is 1. The third kappa shape index (κ3) is 4.08. The molecule has 1 saturated heterocycles. The Morgan fingerprint density at radius 1 is 1.00 bits per heavy atom. The van der Waals surface area contributed by atoms with Gasteiger partial charge in [0.1, 0.15) is 5.75 Å². The number of piperidine rings is 1. The number of likely N-dealkylation sites (tertiary alicyclic amines) is 1. The van der Waals surface area contributed by atoms with Gasteiger partial charge in [-0.25, -0.2) is 0 Å². The van der Waals surface area contributed by atoms with Crippen molar-refractivity contribution in [3.63, 3.8) is 0 Å². The molecule has 4 rings (SSSR count). The normalized spacial score (nSPS) is 16.6. The van der Waals surface area contributed by atoms with E-state index in [9.17, 15) is 5.11 Å². The second kappa shape index (κ2) is 8.13. The lowest BCUT2D eigenvalue weighted by Gasteiger charge is -2.38. The van der Waals surface area contributed by atoms with E-state index in [1.165, 1.54) is 11.1 Å². The molecule has 0 radical (unpaired) electrons. The Kier molecular flexibility index (Phi) is 5.42. The fraction of sp³-hybridized carbons (Fsp3) is 0.292. The van der Waals surface area contributed by atoms with E-state index < -0.39 is 5.60 Å². The van der Waals surface area contributed by atoms with Gasteiger partial charge in [0.05, 0.1) is 12.7 Å². The quantitative estimate of drug-likeness (QED) is 0.726. The molecule has 4 heteroatoms. The van der Waals surface area contributed by atoms with Crippen molar-refractivity contribution >= 4 is 0 Å². The molecule has 0 unspecified atom stereocenters. The lowest BCUT2D eigenvalue weighted by molar-refractivity contribution is -0.0279. The summed E-state index contributed by atoms with van der Waals surface area (Å²) in [6.45, 7) is 2.66. The highest BCUT2D eigenvalue weighted by atomic mass is 16.5. The Balaban J connectivity index is 1.38. The van der Waals surface area contributed by atoms with Crippen molar-refractivity contribution in [3.8, 4) is 16.9 Å². The van der Waals surface area contributed by atoms with E-state index in [2.05, 4.69) is 46.3 Å². The maximum Gasteiger partial charge on any atom is 0.119 e. The van der Waals surface area contributed by atoms with Crippen molar-refractivity contribution in [2.24, 2.45) is 0 Å². The highest BCUT2D eigenvalue weighted by molar-refractivity contribution is 5.65. The molecule has 2 aromatic carbocycles. The molecular weight excluding hydrogens is 348 g/mol. The van der Waals surface area contributed by atoms with Crippen LogP contribution in [0.4, 0.5) is 0 Å². The molecule has 1 aliphatic rings. The van der Waals surface area contributed by atoms with Crippen LogP contribution in [0.25, 0.3) is 11.1 Å². The predicted molar refractivity (Wildman–Crippen MR) is 111 cm³/mol. The summed E-state index contributed by atoms with van der Waals surface area (Å²) in [7, 11) is 1.69. The molecule has 1 fully saturated rings. The van der Waals surface area contributed by atoms with Crippen LogP contribution in [-0.2, 0) is 12.1 Å². The molecule has 0 spiro atoms. The SMILES string of the molecule is COc1cccc(-c2ccc(CN3CCC(O)(c4cccnc4)CC3)cc2)c1. The predicted octanol–water partition coefficient (Wildman–Crippen LogP) is 4.24. The van der Waals surface area contributed by atoms with E-state index in [-0.39, 0.29) is 0 Å². The smallest absolute Gasteiger partial charge is 0.119 e. The molecule has 0 atom stereocenters. The van der Waals surface area contributed by atoms with Crippen molar-refractivity contribution in [2.45, 2.75) is 25.0 Å². The van der Waals surface area contributed by atoms with E-state index in [0.717, 1.165) is 49.4 Å². The van der Waals surface area contributed by atoms with Gasteiger partial charge in [0.25, 0.3) is 0 Å². The van der Waals surface area contributed by atoms with Gasteiger partial charge in [-0.15, -0.1) is 0 Å². The Hall–Kier alpha value is -2.69. The molecule has 0 bridgehead atoms. The van der Waals surface area contributed by atoms with Crippen LogP contribution in [0.1, 0.15) is 24.0 Å². The van der Waals surface area contributed by atoms with Crippen LogP contribution < -0.4 is 4.74 Å². The van der Waals surface area contributed by atoms with Crippen molar-refractivity contribution in [3.05, 3.63) is 84.2 Å². The molecule has 1 aliphatic heterocycles. The van der Waals surface area contributed by atoms with Gasteiger partial charge in [0.2, 0.25) is 0 Å². The summed E-state index contributed by atoms with van der Waals surface area (Å²) in [6, 6.07) is 20.7. The Labute approximate surface area is 166 Å². The monoisotopic (exact) mass is 374 g/mol. The number of methoxy groups -OCH3 is 1. The lowest BCUT2D eigenvalue weighted by atomic mass is 9.85. The number of pyridine rings is 1. The minimum absolute atomic E-state index is 0.737. The van der Waals surface area contributed by atoms with Gasteiger partial charge >= 0.3 is 0 Å². The fourth-order valence-electron chi connectivity index (χ4n) is 3.87. The zero-order valence-corrected chi connectivity index (χ0v) is 16.2. The zero-order valence-electron chi connectivity index (χ0n) is 16.2. The Morgan fingerprint density at radius 3 is 2.46 bits per heavy atom. The third-order valence-corrected chi connectivity index (χ3v) is 5.65. The number of hydrogen-bond acceptors (Lipinski definition) is 4. The summed E-state index contributed by atoms with van der Waals surface area (Å²) < 4.78 is 5.32. The van der Waals surface area contributed by atoms with Gasteiger partial charge in [0, 0.05) is 37.6 Å². The highest BCUT2D eigenvalue weighted by Crippen LogP contribution is 2.33. The minimum atomic E-state index is -0.749. The molecule has 1 N–H and O–H groups in total. The van der Waals surface area contributed by atoms with Gasteiger partial charge in [0.15, 0.2) is 0 Å². The third-order valence-electron chi connectivity index (χ3n) is 5.65. The van der Waals surface area contributed by atoms with Crippen LogP contribution >= 0.6 is 0 Å². The van der Waals surface area contributed by atoms with E-state index in [1.54, 1.807) is 19.5 Å². The molecule has 144 valence electrons. The topological polar surface area (TPSA) is 45.6 Å². The average Bonchev–Trinajstić information content (AvgIpc) is 2.77. The number of nitrogens with zero attached hydrogens (tertiary/aromatic N) is 2. The molecule has 0 saturated carbocycles. The van der Waals surface area contributed by atoms with Crippen molar-refractivity contribution < 1.29 is 9.84 Å². The molecule has 3 aromatic rings. The van der Waals surface area contributed by atoms with Gasteiger partial charge in [-0.05, 0) is 47.7 Å². The van der Waals surface area contributed by atoms with Gasteiger partial charge in [-0.3, -0.25) is 9.88 Å². The minimum Gasteiger partial charge on any atom is -0.497 e. The summed E-state index contributed by atoms with van der Waals surface area (Å²) in [5.74, 6) is 0.871. The number of ether oxygens (including phenoxy) is 1. The molecule has 4 nitrogen and oxygen atoms in total. The van der Waals surface area contributed by atoms with Crippen molar-refractivity contribution in [1.82, 2.24) is 9.88 Å². The summed E-state index contributed by atoms with van der Waals surface area (Å²) >= 11 is 0. The first-order valence-electron chi connectivity index (χ1n) is 9.75. The Bertz CT molecular complexity index is 901. The summed E-state index contributed by atoms with van der Waals surface area (Å²) in [5.41, 5.74) is 3.81. The van der Waals surface area contributed by atoms with Crippen molar-refractivity contribution in [2.75, 3.05) is 20.2 Å².